The summed E-state index contributed by atoms with van der Waals surface area (Å²) in [6.07, 6.45) is 3.70. The molecule has 0 N–H and O–H groups in total. The molecule has 0 unspecified atom stereocenters. The number of hydrogen-bond donors (Lipinski definition) is 0. The van der Waals surface area contributed by atoms with Crippen LogP contribution in [0.1, 0.15) is 26.2 Å². The molecule has 4 heteroatoms. The summed E-state index contributed by atoms with van der Waals surface area (Å²) in [5.41, 5.74) is 0. The molecule has 2 nitrogen and oxygen atoms in total. The van der Waals surface area contributed by atoms with E-state index in [0.717, 1.165) is 6.08 Å². The molecule has 0 aliphatic carbocycles. The van der Waals surface area contributed by atoms with E-state index < -0.39 is 6.08 Å². The van der Waals surface area contributed by atoms with E-state index in [1.54, 1.807) is 13.0 Å². The molecule has 0 heterocycles. The van der Waals surface area contributed by atoms with Crippen LogP contribution in [0.25, 0.3) is 0 Å². The average Bonchev–Trinajstić information content (AvgIpc) is 2.11. The molecule has 0 amide bonds. The van der Waals surface area contributed by atoms with Crippen LogP contribution in [0.2, 0.25) is 0 Å². The lowest BCUT2D eigenvalue weighted by Crippen LogP contribution is -1.98. The predicted molar refractivity (Wildman–Crippen MR) is 49.9 cm³/mol. The standard InChI is InChI=1S/C10H14F2O2/c1-2-14-10(13)8-6-4-3-5-7-9(11)12/h6-8H,2-5H2,1H3. The van der Waals surface area contributed by atoms with Crippen LogP contribution in [-0.4, -0.2) is 12.6 Å². The van der Waals surface area contributed by atoms with Crippen LogP contribution in [-0.2, 0) is 9.53 Å². The van der Waals surface area contributed by atoms with Crippen LogP contribution in [0.5, 0.6) is 0 Å². The zero-order chi connectivity index (χ0) is 10.8. The minimum Gasteiger partial charge on any atom is -0.463 e. The second kappa shape index (κ2) is 8.41. The fourth-order valence-electron chi connectivity index (χ4n) is 0.817. The largest absolute Gasteiger partial charge is 0.463 e. The van der Waals surface area contributed by atoms with Crippen molar-refractivity contribution >= 4 is 5.97 Å². The molecule has 0 aromatic heterocycles. The summed E-state index contributed by atoms with van der Waals surface area (Å²) >= 11 is 0. The first kappa shape index (κ1) is 12.8. The van der Waals surface area contributed by atoms with Crippen LogP contribution in [0.15, 0.2) is 24.3 Å². The molecule has 0 bridgehead atoms. The minimum atomic E-state index is -1.65. The number of carbonyl (C=O) groups excluding carboxylic acids is 1. The summed E-state index contributed by atoms with van der Waals surface area (Å²) in [6, 6.07) is 0. The van der Waals surface area contributed by atoms with Crippen molar-refractivity contribution in [1.29, 1.82) is 0 Å². The minimum absolute atomic E-state index is 0.329. The van der Waals surface area contributed by atoms with Gasteiger partial charge < -0.3 is 4.74 Å². The normalized spacial score (nSPS) is 10.2. The number of carbonyl (C=O) groups is 1. The van der Waals surface area contributed by atoms with Crippen molar-refractivity contribution in [3.8, 4) is 0 Å². The number of allylic oxidation sites excluding steroid dienone is 2. The molecule has 0 aliphatic rings. The highest BCUT2D eigenvalue weighted by Gasteiger charge is 1.92. The molecule has 0 aliphatic heterocycles. The number of unbranched alkanes of at least 4 members (excludes halogenated alkanes) is 2. The lowest BCUT2D eigenvalue weighted by Gasteiger charge is -1.94. The summed E-state index contributed by atoms with van der Waals surface area (Å²) in [7, 11) is 0. The van der Waals surface area contributed by atoms with Crippen molar-refractivity contribution in [3.63, 3.8) is 0 Å². The quantitative estimate of drug-likeness (QED) is 0.377. The third kappa shape index (κ3) is 8.90. The van der Waals surface area contributed by atoms with Gasteiger partial charge in [0.15, 0.2) is 0 Å². The van der Waals surface area contributed by atoms with E-state index in [1.807, 2.05) is 0 Å². The van der Waals surface area contributed by atoms with Crippen molar-refractivity contribution in [1.82, 2.24) is 0 Å². The third-order valence-corrected chi connectivity index (χ3v) is 1.41. The van der Waals surface area contributed by atoms with Crippen molar-refractivity contribution < 1.29 is 18.3 Å². The molecule has 14 heavy (non-hydrogen) atoms. The van der Waals surface area contributed by atoms with Crippen LogP contribution in [0.4, 0.5) is 8.78 Å². The maximum absolute atomic E-state index is 11.5. The Labute approximate surface area is 82.3 Å². The number of ether oxygens (including phenoxy) is 1. The molecule has 0 spiro atoms. The van der Waals surface area contributed by atoms with Crippen molar-refractivity contribution in [3.05, 3.63) is 24.3 Å². The fourth-order valence-corrected chi connectivity index (χ4v) is 0.817. The number of esters is 1. The SMILES string of the molecule is CCOC(=O)C=CCCCC=C(F)F. The van der Waals surface area contributed by atoms with Crippen molar-refractivity contribution in [2.45, 2.75) is 26.2 Å². The monoisotopic (exact) mass is 204 g/mol. The first-order valence-corrected chi connectivity index (χ1v) is 4.51. The summed E-state index contributed by atoms with van der Waals surface area (Å²) in [5.74, 6) is -0.389. The van der Waals surface area contributed by atoms with Crippen LogP contribution in [0, 0.1) is 0 Å². The predicted octanol–water partition coefficient (Wildman–Crippen LogP) is 3.06. The van der Waals surface area contributed by atoms with Crippen LogP contribution >= 0.6 is 0 Å². The topological polar surface area (TPSA) is 26.3 Å². The lowest BCUT2D eigenvalue weighted by molar-refractivity contribution is -0.137. The Morgan fingerprint density at radius 2 is 2.07 bits per heavy atom. The van der Waals surface area contributed by atoms with E-state index in [0.29, 0.717) is 25.9 Å². The van der Waals surface area contributed by atoms with Gasteiger partial charge in [-0.15, -0.1) is 0 Å². The van der Waals surface area contributed by atoms with E-state index in [-0.39, 0.29) is 5.97 Å². The fraction of sp³-hybridized carbons (Fsp3) is 0.500. The molecular formula is C10H14F2O2. The number of halogens is 2. The van der Waals surface area contributed by atoms with Gasteiger partial charge in [0.2, 0.25) is 0 Å². The zero-order valence-electron chi connectivity index (χ0n) is 8.13. The van der Waals surface area contributed by atoms with Gasteiger partial charge in [-0.05, 0) is 32.3 Å². The van der Waals surface area contributed by atoms with Gasteiger partial charge in [0.05, 0.1) is 6.61 Å². The highest BCUT2D eigenvalue weighted by atomic mass is 19.3. The van der Waals surface area contributed by atoms with Crippen LogP contribution < -0.4 is 0 Å². The van der Waals surface area contributed by atoms with Gasteiger partial charge in [-0.3, -0.25) is 0 Å². The Bertz CT molecular complexity index is 218. The van der Waals surface area contributed by atoms with E-state index >= 15 is 0 Å². The van der Waals surface area contributed by atoms with Gasteiger partial charge in [-0.25, -0.2) is 4.79 Å². The maximum atomic E-state index is 11.5. The van der Waals surface area contributed by atoms with Gasteiger partial charge >= 0.3 is 5.97 Å². The molecule has 0 atom stereocenters. The molecule has 0 aromatic rings. The second-order valence-corrected chi connectivity index (χ2v) is 2.58. The Morgan fingerprint density at radius 3 is 2.64 bits per heavy atom. The smallest absolute Gasteiger partial charge is 0.330 e. The van der Waals surface area contributed by atoms with Gasteiger partial charge in [0, 0.05) is 6.08 Å². The Morgan fingerprint density at radius 1 is 1.36 bits per heavy atom. The third-order valence-electron chi connectivity index (χ3n) is 1.41. The summed E-state index contributed by atoms with van der Waals surface area (Å²) in [6.45, 7) is 2.07. The Kier molecular flexibility index (Phi) is 7.70. The van der Waals surface area contributed by atoms with E-state index in [4.69, 9.17) is 0 Å². The Hall–Kier alpha value is -1.19. The first-order chi connectivity index (χ1) is 6.66. The molecule has 0 aromatic carbocycles. The molecular weight excluding hydrogens is 190 g/mol. The van der Waals surface area contributed by atoms with Gasteiger partial charge in [0.1, 0.15) is 0 Å². The zero-order valence-corrected chi connectivity index (χ0v) is 8.13. The molecule has 0 saturated carbocycles. The van der Waals surface area contributed by atoms with Crippen molar-refractivity contribution in [2.75, 3.05) is 6.61 Å². The summed E-state index contributed by atoms with van der Waals surface area (Å²) < 4.78 is 27.7. The Balaban J connectivity index is 3.44. The first-order valence-electron chi connectivity index (χ1n) is 4.51. The maximum Gasteiger partial charge on any atom is 0.330 e. The molecule has 0 saturated heterocycles. The summed E-state index contributed by atoms with van der Waals surface area (Å²) in [5, 5.41) is 0. The molecule has 0 radical (unpaired) electrons. The number of rotatable bonds is 6. The second-order valence-electron chi connectivity index (χ2n) is 2.58. The average molecular weight is 204 g/mol. The van der Waals surface area contributed by atoms with E-state index in [2.05, 4.69) is 4.74 Å². The molecule has 0 rings (SSSR count). The van der Waals surface area contributed by atoms with Gasteiger partial charge in [0.25, 0.3) is 6.08 Å². The van der Waals surface area contributed by atoms with Gasteiger partial charge in [-0.2, -0.15) is 8.78 Å². The van der Waals surface area contributed by atoms with Crippen LogP contribution in [0.3, 0.4) is 0 Å². The van der Waals surface area contributed by atoms with Gasteiger partial charge in [-0.1, -0.05) is 6.08 Å². The number of hydrogen-bond acceptors (Lipinski definition) is 2. The van der Waals surface area contributed by atoms with E-state index in [1.165, 1.54) is 6.08 Å². The summed E-state index contributed by atoms with van der Waals surface area (Å²) in [4.78, 5) is 10.7. The van der Waals surface area contributed by atoms with Crippen molar-refractivity contribution in [2.24, 2.45) is 0 Å². The lowest BCUT2D eigenvalue weighted by atomic mass is 10.2. The molecule has 0 fully saturated rings. The highest BCUT2D eigenvalue weighted by Crippen LogP contribution is 2.04. The molecule has 80 valence electrons. The highest BCUT2D eigenvalue weighted by molar-refractivity contribution is 5.81. The van der Waals surface area contributed by atoms with E-state index in [9.17, 15) is 13.6 Å².